The molecule has 0 aromatic carbocycles. The van der Waals surface area contributed by atoms with Gasteiger partial charge in [-0.25, -0.2) is 4.79 Å². The molecule has 0 unspecified atom stereocenters. The number of ether oxygens (including phenoxy) is 6. The number of methoxy groups -OCH3 is 1. The van der Waals surface area contributed by atoms with E-state index in [9.17, 15) is 28.8 Å². The number of amides is 1. The SMILES string of the molecule is COC(=O)[C@]1(OC(C)=O)C[C@H](OC(C)=O)[C@@H](NC(C)=O)[C@H]([C@H](OC(C)=O)[C@@H](CO[Si](C)(C)C(C)(C)C)OC(C)=O)O1. The van der Waals surface area contributed by atoms with E-state index in [1.54, 1.807) is 0 Å². The Kier molecular flexibility index (Phi) is 12.5. The minimum absolute atomic E-state index is 0.249. The summed E-state index contributed by atoms with van der Waals surface area (Å²) in [5.41, 5.74) is 0. The van der Waals surface area contributed by atoms with Crippen molar-refractivity contribution < 1.29 is 61.6 Å². The molecule has 41 heavy (non-hydrogen) atoms. The summed E-state index contributed by atoms with van der Waals surface area (Å²) in [4.78, 5) is 74.1. The van der Waals surface area contributed by atoms with E-state index in [4.69, 9.17) is 32.8 Å². The molecule has 6 atom stereocenters. The molecule has 1 fully saturated rings. The summed E-state index contributed by atoms with van der Waals surface area (Å²) in [6.07, 6.45) is -6.42. The molecule has 1 heterocycles. The van der Waals surface area contributed by atoms with Crippen molar-refractivity contribution in [2.75, 3.05) is 13.7 Å². The van der Waals surface area contributed by atoms with E-state index >= 15 is 0 Å². The van der Waals surface area contributed by atoms with Crippen LogP contribution in [-0.2, 0) is 61.6 Å². The zero-order chi connectivity index (χ0) is 31.9. The largest absolute Gasteiger partial charge is 0.464 e. The Morgan fingerprint density at radius 1 is 0.927 bits per heavy atom. The third kappa shape index (κ3) is 10.1. The fraction of sp³-hybridized carbons (Fsp3) is 0.769. The average molecular weight is 606 g/mol. The van der Waals surface area contributed by atoms with Crippen LogP contribution in [0.1, 0.15) is 61.8 Å². The normalized spacial score (nSPS) is 24.2. The van der Waals surface area contributed by atoms with Gasteiger partial charge in [0.05, 0.1) is 26.2 Å². The number of nitrogens with one attached hydrogen (secondary N) is 1. The lowest BCUT2D eigenvalue weighted by atomic mass is 9.88. The van der Waals surface area contributed by atoms with Crippen LogP contribution in [0.2, 0.25) is 18.1 Å². The van der Waals surface area contributed by atoms with Crippen molar-refractivity contribution in [2.45, 2.75) is 116 Å². The minimum Gasteiger partial charge on any atom is -0.464 e. The first-order valence-corrected chi connectivity index (χ1v) is 15.9. The molecule has 0 aromatic heterocycles. The van der Waals surface area contributed by atoms with Gasteiger partial charge in [0.2, 0.25) is 5.91 Å². The molecule has 0 radical (unpaired) electrons. The molecular weight excluding hydrogens is 562 g/mol. The summed E-state index contributed by atoms with van der Waals surface area (Å²) >= 11 is 0. The Morgan fingerprint density at radius 2 is 1.49 bits per heavy atom. The summed E-state index contributed by atoms with van der Waals surface area (Å²) < 4.78 is 39.0. The number of hydrogen-bond acceptors (Lipinski definition) is 13. The molecule has 1 aliphatic rings. The van der Waals surface area contributed by atoms with Crippen molar-refractivity contribution in [1.82, 2.24) is 5.32 Å². The highest BCUT2D eigenvalue weighted by molar-refractivity contribution is 6.74. The Hall–Kier alpha value is -3.04. The van der Waals surface area contributed by atoms with Crippen LogP contribution >= 0.6 is 0 Å². The second kappa shape index (κ2) is 14.2. The van der Waals surface area contributed by atoms with Gasteiger partial charge in [-0.2, -0.15) is 0 Å². The lowest BCUT2D eigenvalue weighted by Gasteiger charge is -2.48. The average Bonchev–Trinajstić information content (AvgIpc) is 2.79. The van der Waals surface area contributed by atoms with Gasteiger partial charge in [0.1, 0.15) is 12.2 Å². The van der Waals surface area contributed by atoms with Crippen LogP contribution in [0.4, 0.5) is 0 Å². The lowest BCUT2D eigenvalue weighted by molar-refractivity contribution is -0.303. The van der Waals surface area contributed by atoms with Crippen LogP contribution in [0.5, 0.6) is 0 Å². The Morgan fingerprint density at radius 3 is 1.90 bits per heavy atom. The van der Waals surface area contributed by atoms with Crippen molar-refractivity contribution >= 4 is 44.1 Å². The van der Waals surface area contributed by atoms with Gasteiger partial charge in [-0.3, -0.25) is 24.0 Å². The molecule has 0 bridgehead atoms. The van der Waals surface area contributed by atoms with E-state index in [-0.39, 0.29) is 11.6 Å². The first-order valence-electron chi connectivity index (χ1n) is 13.0. The number of carbonyl (C=O) groups excluding carboxylic acids is 6. The van der Waals surface area contributed by atoms with Gasteiger partial charge in [-0.15, -0.1) is 0 Å². The van der Waals surface area contributed by atoms with E-state index in [1.165, 1.54) is 6.92 Å². The fourth-order valence-corrected chi connectivity index (χ4v) is 5.06. The van der Waals surface area contributed by atoms with Gasteiger partial charge < -0.3 is 38.2 Å². The zero-order valence-electron chi connectivity index (χ0n) is 25.6. The number of carbonyl (C=O) groups is 6. The Labute approximate surface area is 241 Å². The summed E-state index contributed by atoms with van der Waals surface area (Å²) in [7, 11) is -1.44. The molecule has 1 amide bonds. The Bertz CT molecular complexity index is 1010. The second-order valence-electron chi connectivity index (χ2n) is 11.3. The third-order valence-corrected chi connectivity index (χ3v) is 11.3. The van der Waals surface area contributed by atoms with E-state index < -0.39 is 86.7 Å². The Balaban J connectivity index is 3.87. The van der Waals surface area contributed by atoms with E-state index in [0.717, 1.165) is 34.8 Å². The molecule has 1 N–H and O–H groups in total. The van der Waals surface area contributed by atoms with Crippen LogP contribution in [0.3, 0.4) is 0 Å². The third-order valence-electron chi connectivity index (χ3n) is 6.77. The molecule has 15 heteroatoms. The molecule has 234 valence electrons. The van der Waals surface area contributed by atoms with Crippen molar-refractivity contribution in [2.24, 2.45) is 0 Å². The highest BCUT2D eigenvalue weighted by Gasteiger charge is 2.60. The number of hydrogen-bond donors (Lipinski definition) is 1. The molecule has 0 aromatic rings. The summed E-state index contributed by atoms with van der Waals surface area (Å²) in [6, 6.07) is -1.28. The highest BCUT2D eigenvalue weighted by atomic mass is 28.4. The highest BCUT2D eigenvalue weighted by Crippen LogP contribution is 2.39. The molecule has 14 nitrogen and oxygen atoms in total. The quantitative estimate of drug-likeness (QED) is 0.204. The molecule has 0 saturated carbocycles. The van der Waals surface area contributed by atoms with Crippen molar-refractivity contribution in [3.05, 3.63) is 0 Å². The van der Waals surface area contributed by atoms with Gasteiger partial charge in [-0.05, 0) is 18.1 Å². The monoisotopic (exact) mass is 605 g/mol. The van der Waals surface area contributed by atoms with Gasteiger partial charge in [-0.1, -0.05) is 20.8 Å². The molecular formula is C26H43NO13Si. The van der Waals surface area contributed by atoms with Crippen LogP contribution in [0, 0.1) is 0 Å². The molecule has 0 spiro atoms. The van der Waals surface area contributed by atoms with Gasteiger partial charge in [0.15, 0.2) is 20.5 Å². The summed E-state index contributed by atoms with van der Waals surface area (Å²) in [5.74, 6) is -7.59. The topological polar surface area (TPSA) is 179 Å². The van der Waals surface area contributed by atoms with Crippen LogP contribution in [0.15, 0.2) is 0 Å². The molecule has 1 aliphatic heterocycles. The molecule has 1 rings (SSSR count). The van der Waals surface area contributed by atoms with Gasteiger partial charge in [0.25, 0.3) is 0 Å². The predicted octanol–water partition coefficient (Wildman–Crippen LogP) is 1.53. The van der Waals surface area contributed by atoms with E-state index in [0.29, 0.717) is 0 Å². The molecule has 0 aliphatic carbocycles. The summed E-state index contributed by atoms with van der Waals surface area (Å²) in [6.45, 7) is 15.1. The molecule has 1 saturated heterocycles. The number of esters is 5. The zero-order valence-corrected chi connectivity index (χ0v) is 26.6. The maximum absolute atomic E-state index is 13.0. The van der Waals surface area contributed by atoms with Gasteiger partial charge in [0, 0.05) is 34.6 Å². The lowest BCUT2D eigenvalue weighted by Crippen LogP contribution is -2.69. The smallest absolute Gasteiger partial charge is 0.379 e. The van der Waals surface area contributed by atoms with E-state index in [2.05, 4.69) is 5.32 Å². The number of rotatable bonds is 11. The van der Waals surface area contributed by atoms with Crippen LogP contribution in [0.25, 0.3) is 0 Å². The minimum atomic E-state index is -2.49. The second-order valence-corrected chi connectivity index (χ2v) is 16.1. The van der Waals surface area contributed by atoms with Gasteiger partial charge >= 0.3 is 35.6 Å². The standard InChI is InChI=1S/C26H43NO13Si/c1-14(28)27-21-19(36-15(2)29)12-26(24(33)34-9,39-18(5)32)40-23(21)22(38-17(4)31)20(37-16(3)30)13-35-41(10,11)25(6,7)8/h19-23H,12-13H2,1-11H3,(H,27,28)/t19-,20+,21+,22+,23+,26-/m0/s1. The van der Waals surface area contributed by atoms with E-state index in [1.807, 2.05) is 33.9 Å². The van der Waals surface area contributed by atoms with Crippen molar-refractivity contribution in [3.8, 4) is 0 Å². The summed E-state index contributed by atoms with van der Waals surface area (Å²) in [5, 5.41) is 2.35. The van der Waals surface area contributed by atoms with Crippen LogP contribution in [-0.4, -0.2) is 94.0 Å². The van der Waals surface area contributed by atoms with Crippen molar-refractivity contribution in [1.29, 1.82) is 0 Å². The predicted molar refractivity (Wildman–Crippen MR) is 143 cm³/mol. The maximum Gasteiger partial charge on any atom is 0.379 e. The maximum atomic E-state index is 13.0. The van der Waals surface area contributed by atoms with Crippen molar-refractivity contribution in [3.63, 3.8) is 0 Å². The fourth-order valence-electron chi connectivity index (χ4n) is 4.04. The van der Waals surface area contributed by atoms with Crippen LogP contribution < -0.4 is 5.32 Å². The first-order chi connectivity index (χ1) is 18.7. The first kappa shape index (κ1) is 36.0.